The molecule has 0 fully saturated rings. The van der Waals surface area contributed by atoms with Crippen LogP contribution in [-0.2, 0) is 47.5 Å². The van der Waals surface area contributed by atoms with Gasteiger partial charge >= 0.3 is 0 Å². The van der Waals surface area contributed by atoms with Crippen molar-refractivity contribution in [2.75, 3.05) is 133 Å². The molecule has 0 aliphatic carbocycles. The molecular weight excluding hydrogens is 514 g/mol. The zero-order valence-corrected chi connectivity index (χ0v) is 24.1. The lowest BCUT2D eigenvalue weighted by Gasteiger charge is -2.09. The van der Waals surface area contributed by atoms with Crippen molar-refractivity contribution >= 4 is 12.2 Å². The summed E-state index contributed by atoms with van der Waals surface area (Å²) < 4.78 is 43.2. The monoisotopic (exact) mass is 567 g/mol. The Kier molecular flexibility index (Phi) is 31.9. The number of hydrogen-bond donors (Lipinski definition) is 3. The van der Waals surface area contributed by atoms with Crippen LogP contribution in [0.1, 0.15) is 19.3 Å². The fraction of sp³-hybridized carbons (Fsp3) is 0.923. The number of rotatable bonds is 33. The van der Waals surface area contributed by atoms with Crippen LogP contribution < -0.4 is 16.0 Å². The van der Waals surface area contributed by atoms with Gasteiger partial charge in [0, 0.05) is 13.1 Å². The van der Waals surface area contributed by atoms with Crippen molar-refractivity contribution < 1.29 is 47.5 Å². The van der Waals surface area contributed by atoms with E-state index in [1.807, 2.05) is 7.05 Å². The van der Waals surface area contributed by atoms with Gasteiger partial charge in [-0.15, -0.1) is 0 Å². The molecule has 0 spiro atoms. The molecule has 0 aliphatic rings. The number of ether oxygens (including phenoxy) is 8. The van der Waals surface area contributed by atoms with Crippen LogP contribution in [0.2, 0.25) is 0 Å². The second-order valence-electron chi connectivity index (χ2n) is 8.32. The molecule has 0 saturated heterocycles. The minimum atomic E-state index is -0.156. The van der Waals surface area contributed by atoms with Gasteiger partial charge in [-0.25, -0.2) is 0 Å². The molecule has 1 atom stereocenters. The molecule has 3 N–H and O–H groups in total. The van der Waals surface area contributed by atoms with Crippen LogP contribution >= 0.6 is 0 Å². The van der Waals surface area contributed by atoms with Crippen LogP contribution in [0.15, 0.2) is 0 Å². The second-order valence-corrected chi connectivity index (χ2v) is 8.32. The molecule has 39 heavy (non-hydrogen) atoms. The Morgan fingerprint density at radius 3 is 1.38 bits per heavy atom. The van der Waals surface area contributed by atoms with E-state index in [9.17, 15) is 9.59 Å². The van der Waals surface area contributed by atoms with Gasteiger partial charge < -0.3 is 58.6 Å². The normalized spacial score (nSPS) is 12.1. The van der Waals surface area contributed by atoms with Gasteiger partial charge in [-0.1, -0.05) is 0 Å². The number of unbranched alkanes of at least 4 members (excludes halogenated alkanes) is 1. The molecule has 0 aliphatic heterocycles. The Hall–Kier alpha value is -1.26. The summed E-state index contributed by atoms with van der Waals surface area (Å²) in [5.74, 6) is -0.156. The van der Waals surface area contributed by atoms with Crippen LogP contribution in [0, 0.1) is 0 Å². The number of likely N-dealkylation sites (N-methyl/N-ethyl adjacent to an activating group) is 2. The maximum atomic E-state index is 11.7. The summed E-state index contributed by atoms with van der Waals surface area (Å²) in [6.45, 7) is 8.98. The molecular formula is C26H53N3O10. The van der Waals surface area contributed by atoms with E-state index < -0.39 is 0 Å². The van der Waals surface area contributed by atoms with Crippen molar-refractivity contribution in [1.82, 2.24) is 16.0 Å². The van der Waals surface area contributed by atoms with E-state index >= 15 is 0 Å². The molecule has 1 amide bonds. The summed E-state index contributed by atoms with van der Waals surface area (Å²) in [7, 11) is 3.65. The van der Waals surface area contributed by atoms with Crippen molar-refractivity contribution in [3.05, 3.63) is 0 Å². The van der Waals surface area contributed by atoms with E-state index in [1.54, 1.807) is 7.05 Å². The lowest BCUT2D eigenvalue weighted by atomic mass is 10.1. The standard InChI is InChI=1S/C26H53N3O10/c1-27-7-8-32-9-10-33-11-12-34-13-14-35-15-16-36-17-18-37-19-20-38-21-22-39-24-26(31)29-6-4-3-5-25(23-30)28-2/h23,25,27-28H,3-22,24H2,1-2H3,(H,29,31). The quantitative estimate of drug-likeness (QED) is 0.0689. The van der Waals surface area contributed by atoms with Crippen LogP contribution in [0.4, 0.5) is 0 Å². The molecule has 0 radical (unpaired) electrons. The van der Waals surface area contributed by atoms with Crippen molar-refractivity contribution in [3.63, 3.8) is 0 Å². The number of carbonyl (C=O) groups excluding carboxylic acids is 2. The molecule has 0 aromatic carbocycles. The summed E-state index contributed by atoms with van der Waals surface area (Å²) in [4.78, 5) is 22.4. The Morgan fingerprint density at radius 2 is 1.00 bits per heavy atom. The van der Waals surface area contributed by atoms with E-state index in [2.05, 4.69) is 16.0 Å². The maximum Gasteiger partial charge on any atom is 0.245 e. The molecule has 13 heteroatoms. The van der Waals surface area contributed by atoms with Crippen molar-refractivity contribution in [2.24, 2.45) is 0 Å². The first kappa shape index (κ1) is 37.7. The van der Waals surface area contributed by atoms with Crippen molar-refractivity contribution in [3.8, 4) is 0 Å². The maximum absolute atomic E-state index is 11.7. The second kappa shape index (κ2) is 32.9. The van der Waals surface area contributed by atoms with E-state index in [1.165, 1.54) is 0 Å². The van der Waals surface area contributed by atoms with E-state index in [-0.39, 0.29) is 18.6 Å². The molecule has 0 heterocycles. The summed E-state index contributed by atoms with van der Waals surface area (Å²) in [6, 6.07) is -0.119. The Labute approximate surface area is 234 Å². The van der Waals surface area contributed by atoms with Crippen LogP contribution in [0.5, 0.6) is 0 Å². The van der Waals surface area contributed by atoms with Gasteiger partial charge in [-0.3, -0.25) is 4.79 Å². The predicted molar refractivity (Wildman–Crippen MR) is 146 cm³/mol. The van der Waals surface area contributed by atoms with Gasteiger partial charge in [0.05, 0.1) is 105 Å². The number of amides is 1. The van der Waals surface area contributed by atoms with Gasteiger partial charge in [0.1, 0.15) is 12.9 Å². The molecule has 0 bridgehead atoms. The Bertz CT molecular complexity index is 520. The average molecular weight is 568 g/mol. The average Bonchev–Trinajstić information content (AvgIpc) is 2.95. The topological polar surface area (TPSA) is 144 Å². The molecule has 0 rings (SSSR count). The van der Waals surface area contributed by atoms with Crippen LogP contribution in [0.25, 0.3) is 0 Å². The molecule has 0 aromatic rings. The van der Waals surface area contributed by atoms with E-state index in [0.29, 0.717) is 106 Å². The predicted octanol–water partition coefficient (Wildman–Crippen LogP) is -0.588. The molecule has 13 nitrogen and oxygen atoms in total. The highest BCUT2D eigenvalue weighted by atomic mass is 16.6. The van der Waals surface area contributed by atoms with Gasteiger partial charge in [0.25, 0.3) is 0 Å². The zero-order chi connectivity index (χ0) is 28.5. The third-order valence-electron chi connectivity index (χ3n) is 5.13. The fourth-order valence-corrected chi connectivity index (χ4v) is 2.93. The van der Waals surface area contributed by atoms with Gasteiger partial charge in [0.2, 0.25) is 5.91 Å². The Balaban J connectivity index is 3.15. The molecule has 0 saturated carbocycles. The highest BCUT2D eigenvalue weighted by molar-refractivity contribution is 5.77. The van der Waals surface area contributed by atoms with Gasteiger partial charge in [-0.2, -0.15) is 0 Å². The fourth-order valence-electron chi connectivity index (χ4n) is 2.93. The smallest absolute Gasteiger partial charge is 0.245 e. The summed E-state index contributed by atoms with van der Waals surface area (Å²) in [6.07, 6.45) is 3.35. The van der Waals surface area contributed by atoms with E-state index in [4.69, 9.17) is 37.9 Å². The minimum Gasteiger partial charge on any atom is -0.378 e. The molecule has 1 unspecified atom stereocenters. The van der Waals surface area contributed by atoms with Gasteiger partial charge in [-0.05, 0) is 33.4 Å². The van der Waals surface area contributed by atoms with Crippen LogP contribution in [0.3, 0.4) is 0 Å². The van der Waals surface area contributed by atoms with Crippen molar-refractivity contribution in [2.45, 2.75) is 25.3 Å². The van der Waals surface area contributed by atoms with Crippen LogP contribution in [-0.4, -0.2) is 151 Å². The van der Waals surface area contributed by atoms with Gasteiger partial charge in [0.15, 0.2) is 0 Å². The third-order valence-corrected chi connectivity index (χ3v) is 5.13. The Morgan fingerprint density at radius 1 is 0.590 bits per heavy atom. The highest BCUT2D eigenvalue weighted by Gasteiger charge is 2.04. The molecule has 0 aromatic heterocycles. The highest BCUT2D eigenvalue weighted by Crippen LogP contribution is 1.97. The first-order valence-electron chi connectivity index (χ1n) is 13.9. The lowest BCUT2D eigenvalue weighted by Crippen LogP contribution is -2.30. The first-order valence-corrected chi connectivity index (χ1v) is 13.9. The lowest BCUT2D eigenvalue weighted by molar-refractivity contribution is -0.126. The summed E-state index contributed by atoms with van der Waals surface area (Å²) in [5, 5.41) is 8.73. The number of hydrogen-bond acceptors (Lipinski definition) is 12. The number of aldehydes is 1. The minimum absolute atomic E-state index is 0.00435. The summed E-state index contributed by atoms with van der Waals surface area (Å²) in [5.41, 5.74) is 0. The van der Waals surface area contributed by atoms with Crippen molar-refractivity contribution in [1.29, 1.82) is 0 Å². The third kappa shape index (κ3) is 31.1. The zero-order valence-electron chi connectivity index (χ0n) is 24.1. The number of carbonyl (C=O) groups is 2. The number of nitrogens with one attached hydrogen (secondary N) is 3. The SMILES string of the molecule is CNCCOCCOCCOCCOCCOCCOCCOCCOCC(=O)NCCCCC(C=O)NC. The molecule has 232 valence electrons. The van der Waals surface area contributed by atoms with E-state index in [0.717, 1.165) is 32.1 Å². The first-order chi connectivity index (χ1) is 19.2. The summed E-state index contributed by atoms with van der Waals surface area (Å²) >= 11 is 0. The largest absolute Gasteiger partial charge is 0.378 e.